The lowest BCUT2D eigenvalue weighted by Gasteiger charge is -2.36. The van der Waals surface area contributed by atoms with E-state index in [1.807, 2.05) is 34.5 Å². The number of fused-ring (bicyclic) bond motifs is 1. The van der Waals surface area contributed by atoms with Crippen LogP contribution in [0, 0.1) is 0 Å². The Morgan fingerprint density at radius 1 is 1.32 bits per heavy atom. The number of nitrogens with two attached hydrogens (primary N) is 1. The molecule has 0 bridgehead atoms. The highest BCUT2D eigenvalue weighted by atomic mass is 32.1. The predicted molar refractivity (Wildman–Crippen MR) is 77.3 cm³/mol. The van der Waals surface area contributed by atoms with E-state index in [9.17, 15) is 4.79 Å². The van der Waals surface area contributed by atoms with Crippen LogP contribution in [0.2, 0.25) is 0 Å². The molecule has 0 radical (unpaired) electrons. The molecule has 1 aromatic heterocycles. The summed E-state index contributed by atoms with van der Waals surface area (Å²) in [5, 5.41) is 1.93. The van der Waals surface area contributed by atoms with Crippen molar-refractivity contribution in [2.45, 2.75) is 12.5 Å². The van der Waals surface area contributed by atoms with Crippen LogP contribution in [-0.4, -0.2) is 23.9 Å². The summed E-state index contributed by atoms with van der Waals surface area (Å²) < 4.78 is 0. The van der Waals surface area contributed by atoms with Gasteiger partial charge in [0.15, 0.2) is 0 Å². The van der Waals surface area contributed by atoms with E-state index in [0.717, 1.165) is 17.8 Å². The minimum Gasteiger partial charge on any atom is -0.329 e. The number of benzene rings is 1. The van der Waals surface area contributed by atoms with E-state index in [0.29, 0.717) is 6.54 Å². The maximum Gasteiger partial charge on any atom is 0.264 e. The fraction of sp³-hybridized carbons (Fsp3) is 0.267. The molecule has 4 heteroatoms. The summed E-state index contributed by atoms with van der Waals surface area (Å²) in [4.78, 5) is 15.2. The zero-order valence-electron chi connectivity index (χ0n) is 10.6. The van der Waals surface area contributed by atoms with Crippen molar-refractivity contribution in [3.8, 4) is 0 Å². The third-order valence-electron chi connectivity index (χ3n) is 3.63. The fourth-order valence-corrected chi connectivity index (χ4v) is 3.37. The molecule has 0 saturated heterocycles. The molecular formula is C15H16N2OS. The first-order valence-electron chi connectivity index (χ1n) is 6.43. The van der Waals surface area contributed by atoms with Crippen LogP contribution in [0.1, 0.15) is 26.8 Å². The van der Waals surface area contributed by atoms with Gasteiger partial charge in [0.2, 0.25) is 0 Å². The Morgan fingerprint density at radius 2 is 2.16 bits per heavy atom. The van der Waals surface area contributed by atoms with Gasteiger partial charge in [0.05, 0.1) is 10.9 Å². The second-order valence-electron chi connectivity index (χ2n) is 4.68. The molecule has 0 saturated carbocycles. The number of rotatable bonds is 2. The van der Waals surface area contributed by atoms with Gasteiger partial charge in [-0.3, -0.25) is 4.79 Å². The Kier molecular flexibility index (Phi) is 3.36. The predicted octanol–water partition coefficient (Wildman–Crippen LogP) is 2.45. The summed E-state index contributed by atoms with van der Waals surface area (Å²) in [5.74, 6) is 0.0972. The van der Waals surface area contributed by atoms with E-state index in [1.54, 1.807) is 0 Å². The first-order chi connectivity index (χ1) is 9.31. The smallest absolute Gasteiger partial charge is 0.264 e. The highest BCUT2D eigenvalue weighted by Crippen LogP contribution is 2.30. The Balaban J connectivity index is 1.94. The number of thiophene rings is 1. The van der Waals surface area contributed by atoms with Gasteiger partial charge in [0.1, 0.15) is 0 Å². The first kappa shape index (κ1) is 12.4. The number of hydrogen-bond donors (Lipinski definition) is 1. The molecule has 2 aromatic rings. The molecule has 0 spiro atoms. The monoisotopic (exact) mass is 272 g/mol. The van der Waals surface area contributed by atoms with Gasteiger partial charge in [0.25, 0.3) is 5.91 Å². The van der Waals surface area contributed by atoms with Crippen LogP contribution >= 0.6 is 11.3 Å². The molecule has 0 fully saturated rings. The Labute approximate surface area is 116 Å². The van der Waals surface area contributed by atoms with Crippen molar-refractivity contribution in [2.24, 2.45) is 5.73 Å². The zero-order chi connectivity index (χ0) is 13.2. The molecule has 1 aliphatic heterocycles. The summed E-state index contributed by atoms with van der Waals surface area (Å²) in [6, 6.07) is 12.1. The molecule has 1 atom stereocenters. The second kappa shape index (κ2) is 5.15. The van der Waals surface area contributed by atoms with Gasteiger partial charge in [-0.05, 0) is 29.0 Å². The van der Waals surface area contributed by atoms with Gasteiger partial charge in [-0.2, -0.15) is 0 Å². The van der Waals surface area contributed by atoms with Gasteiger partial charge >= 0.3 is 0 Å². The lowest BCUT2D eigenvalue weighted by molar-refractivity contribution is 0.0673. The van der Waals surface area contributed by atoms with Crippen molar-refractivity contribution in [2.75, 3.05) is 13.1 Å². The molecule has 19 heavy (non-hydrogen) atoms. The van der Waals surface area contributed by atoms with Crippen molar-refractivity contribution in [1.29, 1.82) is 0 Å². The SMILES string of the molecule is NCC1c2ccccc2CCN1C(=O)c1cccs1. The van der Waals surface area contributed by atoms with Gasteiger partial charge in [0, 0.05) is 13.1 Å². The van der Waals surface area contributed by atoms with Crippen LogP contribution in [0.15, 0.2) is 41.8 Å². The molecule has 0 aliphatic carbocycles. The molecule has 1 amide bonds. The normalized spacial score (nSPS) is 18.2. The van der Waals surface area contributed by atoms with Crippen LogP contribution in [0.25, 0.3) is 0 Å². The van der Waals surface area contributed by atoms with Crippen LogP contribution < -0.4 is 5.73 Å². The number of carbonyl (C=O) groups is 1. The summed E-state index contributed by atoms with van der Waals surface area (Å²) in [6.07, 6.45) is 0.907. The van der Waals surface area contributed by atoms with E-state index in [-0.39, 0.29) is 11.9 Å². The van der Waals surface area contributed by atoms with Crippen molar-refractivity contribution >= 4 is 17.2 Å². The standard InChI is InChI=1S/C15H16N2OS/c16-10-13-12-5-2-1-4-11(12)7-8-17(13)15(18)14-6-3-9-19-14/h1-6,9,13H,7-8,10,16H2. The zero-order valence-corrected chi connectivity index (χ0v) is 11.4. The maximum absolute atomic E-state index is 12.5. The minimum absolute atomic E-state index is 0.000417. The Hall–Kier alpha value is -1.65. The molecule has 1 aromatic carbocycles. The summed E-state index contributed by atoms with van der Waals surface area (Å²) in [7, 11) is 0. The average Bonchev–Trinajstić information content (AvgIpc) is 2.99. The van der Waals surface area contributed by atoms with Crippen molar-refractivity contribution in [1.82, 2.24) is 4.90 Å². The topological polar surface area (TPSA) is 46.3 Å². The fourth-order valence-electron chi connectivity index (χ4n) is 2.69. The minimum atomic E-state index is -0.000417. The molecular weight excluding hydrogens is 256 g/mol. The van der Waals surface area contributed by atoms with Gasteiger partial charge < -0.3 is 10.6 Å². The highest BCUT2D eigenvalue weighted by Gasteiger charge is 2.30. The van der Waals surface area contributed by atoms with Gasteiger partial charge in [-0.15, -0.1) is 11.3 Å². The number of amides is 1. The van der Waals surface area contributed by atoms with Crippen molar-refractivity contribution in [3.63, 3.8) is 0 Å². The first-order valence-corrected chi connectivity index (χ1v) is 7.31. The molecule has 1 unspecified atom stereocenters. The van der Waals surface area contributed by atoms with Crippen molar-refractivity contribution < 1.29 is 4.79 Å². The second-order valence-corrected chi connectivity index (χ2v) is 5.62. The van der Waals surface area contributed by atoms with Crippen LogP contribution in [0.4, 0.5) is 0 Å². The van der Waals surface area contributed by atoms with Gasteiger partial charge in [-0.25, -0.2) is 0 Å². The number of hydrogen-bond acceptors (Lipinski definition) is 3. The molecule has 98 valence electrons. The summed E-state index contributed by atoms with van der Waals surface area (Å²) >= 11 is 1.49. The number of carbonyl (C=O) groups excluding carboxylic acids is 1. The molecule has 1 aliphatic rings. The average molecular weight is 272 g/mol. The van der Waals surface area contributed by atoms with Crippen LogP contribution in [-0.2, 0) is 6.42 Å². The third-order valence-corrected chi connectivity index (χ3v) is 4.49. The van der Waals surface area contributed by atoms with Gasteiger partial charge in [-0.1, -0.05) is 30.3 Å². The summed E-state index contributed by atoms with van der Waals surface area (Å²) in [5.41, 5.74) is 8.42. The Morgan fingerprint density at radius 3 is 2.89 bits per heavy atom. The van der Waals surface area contributed by atoms with Crippen LogP contribution in [0.3, 0.4) is 0 Å². The molecule has 3 rings (SSSR count). The van der Waals surface area contributed by atoms with E-state index < -0.39 is 0 Å². The van der Waals surface area contributed by atoms with E-state index in [2.05, 4.69) is 12.1 Å². The maximum atomic E-state index is 12.5. The van der Waals surface area contributed by atoms with Crippen LogP contribution in [0.5, 0.6) is 0 Å². The number of nitrogens with zero attached hydrogens (tertiary/aromatic N) is 1. The molecule has 2 heterocycles. The Bertz CT molecular complexity index is 580. The molecule has 2 N–H and O–H groups in total. The summed E-state index contributed by atoms with van der Waals surface area (Å²) in [6.45, 7) is 1.21. The lowest BCUT2D eigenvalue weighted by Crippen LogP contribution is -2.42. The van der Waals surface area contributed by atoms with E-state index >= 15 is 0 Å². The van der Waals surface area contributed by atoms with Crippen molar-refractivity contribution in [3.05, 3.63) is 57.8 Å². The molecule has 3 nitrogen and oxygen atoms in total. The van der Waals surface area contributed by atoms with E-state index in [4.69, 9.17) is 5.73 Å². The highest BCUT2D eigenvalue weighted by molar-refractivity contribution is 7.12. The quantitative estimate of drug-likeness (QED) is 0.912. The lowest BCUT2D eigenvalue weighted by atomic mass is 9.92. The third kappa shape index (κ3) is 2.17. The van der Waals surface area contributed by atoms with E-state index in [1.165, 1.54) is 22.5 Å². The largest absolute Gasteiger partial charge is 0.329 e.